The van der Waals surface area contributed by atoms with E-state index in [9.17, 15) is 9.59 Å². The molecular formula is C21H27ClN4O2S. The molecule has 1 aromatic heterocycles. The summed E-state index contributed by atoms with van der Waals surface area (Å²) in [5.41, 5.74) is 1.16. The monoisotopic (exact) mass is 434 g/mol. The molecule has 0 spiro atoms. The number of anilines is 1. The Kier molecular flexibility index (Phi) is 8.46. The van der Waals surface area contributed by atoms with Gasteiger partial charge in [-0.1, -0.05) is 30.9 Å². The Bertz CT molecular complexity index is 803. The molecule has 29 heavy (non-hydrogen) atoms. The summed E-state index contributed by atoms with van der Waals surface area (Å²) >= 11 is 7.14. The molecule has 1 aromatic carbocycles. The van der Waals surface area contributed by atoms with Gasteiger partial charge < -0.3 is 10.6 Å². The molecule has 3 rings (SSSR count). The van der Waals surface area contributed by atoms with Crippen LogP contribution in [-0.4, -0.2) is 35.9 Å². The zero-order chi connectivity index (χ0) is 20.5. The van der Waals surface area contributed by atoms with Crippen molar-refractivity contribution < 1.29 is 9.59 Å². The van der Waals surface area contributed by atoms with E-state index in [2.05, 4.69) is 20.9 Å². The molecule has 6 nitrogen and oxygen atoms in total. The lowest BCUT2D eigenvalue weighted by atomic mass is 9.95. The third-order valence-electron chi connectivity index (χ3n) is 4.93. The summed E-state index contributed by atoms with van der Waals surface area (Å²) in [6.07, 6.45) is 7.68. The normalized spacial score (nSPS) is 14.5. The van der Waals surface area contributed by atoms with Gasteiger partial charge in [-0.25, -0.2) is 4.98 Å². The van der Waals surface area contributed by atoms with Crippen LogP contribution in [0.15, 0.2) is 29.6 Å². The maximum Gasteiger partial charge on any atom is 0.257 e. The highest BCUT2D eigenvalue weighted by Gasteiger charge is 2.13. The van der Waals surface area contributed by atoms with Crippen LogP contribution in [0.5, 0.6) is 0 Å². The van der Waals surface area contributed by atoms with Gasteiger partial charge in [-0.05, 0) is 50.1 Å². The summed E-state index contributed by atoms with van der Waals surface area (Å²) in [6.45, 7) is 1.59. The SMILES string of the molecule is O=C(Cc1csc(NC(=O)c2ccc(Cl)cc2)n1)NCCCNC1CCCCC1. The number of hydrogen-bond donors (Lipinski definition) is 3. The maximum atomic E-state index is 12.2. The molecule has 8 heteroatoms. The van der Waals surface area contributed by atoms with Gasteiger partial charge in [-0.15, -0.1) is 11.3 Å². The molecule has 156 valence electrons. The average Bonchev–Trinajstić information content (AvgIpc) is 3.15. The second kappa shape index (κ2) is 11.3. The van der Waals surface area contributed by atoms with Crippen LogP contribution in [-0.2, 0) is 11.2 Å². The largest absolute Gasteiger partial charge is 0.356 e. The van der Waals surface area contributed by atoms with Crippen molar-refractivity contribution >= 4 is 39.9 Å². The van der Waals surface area contributed by atoms with Crippen molar-refractivity contribution in [1.82, 2.24) is 15.6 Å². The summed E-state index contributed by atoms with van der Waals surface area (Å²) in [6, 6.07) is 7.29. The fraction of sp³-hybridized carbons (Fsp3) is 0.476. The molecule has 2 aromatic rings. The fourth-order valence-corrected chi connectivity index (χ4v) is 4.20. The zero-order valence-corrected chi connectivity index (χ0v) is 18.0. The van der Waals surface area contributed by atoms with E-state index in [4.69, 9.17) is 11.6 Å². The van der Waals surface area contributed by atoms with Gasteiger partial charge in [0.05, 0.1) is 12.1 Å². The minimum atomic E-state index is -0.252. The molecule has 0 atom stereocenters. The lowest BCUT2D eigenvalue weighted by molar-refractivity contribution is -0.120. The molecule has 0 unspecified atom stereocenters. The van der Waals surface area contributed by atoms with Crippen molar-refractivity contribution in [2.45, 2.75) is 51.0 Å². The van der Waals surface area contributed by atoms with Gasteiger partial charge in [0.25, 0.3) is 5.91 Å². The second-order valence-corrected chi connectivity index (χ2v) is 8.57. The van der Waals surface area contributed by atoms with Crippen LogP contribution in [0.3, 0.4) is 0 Å². The lowest BCUT2D eigenvalue weighted by Gasteiger charge is -2.22. The quantitative estimate of drug-likeness (QED) is 0.520. The van der Waals surface area contributed by atoms with E-state index in [1.165, 1.54) is 43.4 Å². The Labute approximate surface area is 180 Å². The predicted octanol–water partition coefficient (Wildman–Crippen LogP) is 4.02. The highest BCUT2D eigenvalue weighted by molar-refractivity contribution is 7.14. The van der Waals surface area contributed by atoms with Crippen LogP contribution in [0, 0.1) is 0 Å². The highest BCUT2D eigenvalue weighted by atomic mass is 35.5. The van der Waals surface area contributed by atoms with Gasteiger partial charge in [0, 0.05) is 28.6 Å². The summed E-state index contributed by atoms with van der Waals surface area (Å²) in [4.78, 5) is 28.6. The molecule has 1 heterocycles. The topological polar surface area (TPSA) is 83.1 Å². The number of halogens is 1. The van der Waals surface area contributed by atoms with E-state index in [-0.39, 0.29) is 18.2 Å². The Balaban J connectivity index is 1.34. The van der Waals surface area contributed by atoms with Crippen molar-refractivity contribution in [3.05, 3.63) is 45.9 Å². The van der Waals surface area contributed by atoms with Crippen LogP contribution >= 0.6 is 22.9 Å². The van der Waals surface area contributed by atoms with Crippen LogP contribution in [0.1, 0.15) is 54.6 Å². The van der Waals surface area contributed by atoms with Gasteiger partial charge in [-0.3, -0.25) is 14.9 Å². The molecule has 0 saturated heterocycles. The van der Waals surface area contributed by atoms with Crippen LogP contribution in [0.25, 0.3) is 0 Å². The van der Waals surface area contributed by atoms with Gasteiger partial charge >= 0.3 is 0 Å². The smallest absolute Gasteiger partial charge is 0.257 e. The molecule has 1 fully saturated rings. The molecule has 3 N–H and O–H groups in total. The third kappa shape index (κ3) is 7.42. The molecular weight excluding hydrogens is 408 g/mol. The number of thiazole rings is 1. The number of nitrogens with zero attached hydrogens (tertiary/aromatic N) is 1. The van der Waals surface area contributed by atoms with Crippen LogP contribution in [0.2, 0.25) is 5.02 Å². The number of carbonyl (C=O) groups excluding carboxylic acids is 2. The number of rotatable bonds is 9. The Morgan fingerprint density at radius 3 is 2.62 bits per heavy atom. The predicted molar refractivity (Wildman–Crippen MR) is 118 cm³/mol. The second-order valence-electron chi connectivity index (χ2n) is 7.27. The van der Waals surface area contributed by atoms with Gasteiger partial charge in [0.1, 0.15) is 0 Å². The van der Waals surface area contributed by atoms with E-state index in [1.807, 2.05) is 0 Å². The first-order valence-corrected chi connectivity index (χ1v) is 11.4. The van der Waals surface area contributed by atoms with Crippen LogP contribution in [0.4, 0.5) is 5.13 Å². The molecule has 0 aliphatic heterocycles. The van der Waals surface area contributed by atoms with Crippen molar-refractivity contribution in [3.63, 3.8) is 0 Å². The number of amides is 2. The van der Waals surface area contributed by atoms with E-state index in [0.717, 1.165) is 13.0 Å². The minimum Gasteiger partial charge on any atom is -0.356 e. The van der Waals surface area contributed by atoms with Gasteiger partial charge in [-0.2, -0.15) is 0 Å². The van der Waals surface area contributed by atoms with Gasteiger partial charge in [0.15, 0.2) is 5.13 Å². The average molecular weight is 435 g/mol. The minimum absolute atomic E-state index is 0.0523. The summed E-state index contributed by atoms with van der Waals surface area (Å²) in [5.74, 6) is -0.305. The maximum absolute atomic E-state index is 12.2. The zero-order valence-electron chi connectivity index (χ0n) is 16.4. The molecule has 1 saturated carbocycles. The first kappa shape index (κ1) is 21.7. The number of nitrogens with one attached hydrogen (secondary N) is 3. The standard InChI is InChI=1S/C21H27ClN4O2S/c22-16-9-7-15(8-10-16)20(28)26-21-25-18(14-29-21)13-19(27)24-12-4-11-23-17-5-2-1-3-6-17/h7-10,14,17,23H,1-6,11-13H2,(H,24,27)(H,25,26,28). The number of aromatic nitrogens is 1. The number of hydrogen-bond acceptors (Lipinski definition) is 5. The number of benzene rings is 1. The highest BCUT2D eigenvalue weighted by Crippen LogP contribution is 2.18. The summed E-state index contributed by atoms with van der Waals surface area (Å²) in [5, 5.41) is 12.1. The first-order chi connectivity index (χ1) is 14.1. The van der Waals surface area contributed by atoms with Gasteiger partial charge in [0.2, 0.25) is 5.91 Å². The Morgan fingerprint density at radius 1 is 1.10 bits per heavy atom. The van der Waals surface area contributed by atoms with Crippen molar-refractivity contribution in [2.75, 3.05) is 18.4 Å². The molecule has 2 amide bonds. The lowest BCUT2D eigenvalue weighted by Crippen LogP contribution is -2.34. The molecule has 1 aliphatic rings. The Morgan fingerprint density at radius 2 is 1.86 bits per heavy atom. The van der Waals surface area contributed by atoms with E-state index < -0.39 is 0 Å². The van der Waals surface area contributed by atoms with Crippen molar-refractivity contribution in [2.24, 2.45) is 0 Å². The molecule has 0 radical (unpaired) electrons. The summed E-state index contributed by atoms with van der Waals surface area (Å²) < 4.78 is 0. The third-order valence-corrected chi connectivity index (χ3v) is 5.99. The summed E-state index contributed by atoms with van der Waals surface area (Å²) in [7, 11) is 0. The van der Waals surface area contributed by atoms with E-state index in [1.54, 1.807) is 29.6 Å². The first-order valence-electron chi connectivity index (χ1n) is 10.1. The van der Waals surface area contributed by atoms with Crippen LogP contribution < -0.4 is 16.0 Å². The Hall–Kier alpha value is -1.96. The number of carbonyl (C=O) groups is 2. The molecule has 0 bridgehead atoms. The fourth-order valence-electron chi connectivity index (χ4n) is 3.37. The molecule has 1 aliphatic carbocycles. The van der Waals surface area contributed by atoms with Crippen molar-refractivity contribution in [1.29, 1.82) is 0 Å². The van der Waals surface area contributed by atoms with Crippen molar-refractivity contribution in [3.8, 4) is 0 Å². The van der Waals surface area contributed by atoms with E-state index in [0.29, 0.717) is 34.0 Å². The van der Waals surface area contributed by atoms with E-state index >= 15 is 0 Å².